The number of hydrogen-bond acceptors (Lipinski definition) is 1. The second-order valence-electron chi connectivity index (χ2n) is 5.23. The molecule has 1 nitrogen and oxygen atoms in total. The maximum atomic E-state index is 10.6. The van der Waals surface area contributed by atoms with E-state index in [4.69, 9.17) is 0 Å². The number of benzene rings is 1. The van der Waals surface area contributed by atoms with Crippen LogP contribution in [0.15, 0.2) is 28.7 Å². The van der Waals surface area contributed by atoms with Crippen molar-refractivity contribution in [3.63, 3.8) is 0 Å². The highest BCUT2D eigenvalue weighted by atomic mass is 79.9. The van der Waals surface area contributed by atoms with E-state index >= 15 is 0 Å². The van der Waals surface area contributed by atoms with Crippen molar-refractivity contribution in [1.82, 2.24) is 0 Å². The Bertz CT molecular complexity index is 364. The predicted molar refractivity (Wildman–Crippen MR) is 70.4 cm³/mol. The zero-order chi connectivity index (χ0) is 11.6. The minimum Gasteiger partial charge on any atom is -0.390 e. The third kappa shape index (κ3) is 3.08. The zero-order valence-electron chi connectivity index (χ0n) is 9.75. The van der Waals surface area contributed by atoms with E-state index in [2.05, 4.69) is 35.0 Å². The summed E-state index contributed by atoms with van der Waals surface area (Å²) in [7, 11) is 0. The molecule has 2 heteroatoms. The summed E-state index contributed by atoms with van der Waals surface area (Å²) in [6.07, 6.45) is 5.10. The average Bonchev–Trinajstić information content (AvgIpc) is 2.16. The first-order valence-corrected chi connectivity index (χ1v) is 6.84. The molecule has 1 saturated carbocycles. The van der Waals surface area contributed by atoms with Crippen LogP contribution in [0.2, 0.25) is 0 Å². The summed E-state index contributed by atoms with van der Waals surface area (Å²) in [4.78, 5) is 0. The lowest BCUT2D eigenvalue weighted by atomic mass is 9.76. The van der Waals surface area contributed by atoms with E-state index in [1.54, 1.807) is 0 Å². The molecular weight excluding hydrogens is 264 g/mol. The van der Waals surface area contributed by atoms with Gasteiger partial charge in [0.15, 0.2) is 0 Å². The largest absolute Gasteiger partial charge is 0.390 e. The molecule has 0 heterocycles. The van der Waals surface area contributed by atoms with E-state index in [-0.39, 0.29) is 0 Å². The molecule has 0 radical (unpaired) electrons. The Balaban J connectivity index is 2.08. The summed E-state index contributed by atoms with van der Waals surface area (Å²) in [6.45, 7) is 2.24. The molecule has 1 aromatic carbocycles. The van der Waals surface area contributed by atoms with E-state index < -0.39 is 5.60 Å². The Morgan fingerprint density at radius 3 is 3.00 bits per heavy atom. The third-order valence-corrected chi connectivity index (χ3v) is 3.98. The van der Waals surface area contributed by atoms with Crippen LogP contribution in [0, 0.1) is 5.92 Å². The Morgan fingerprint density at radius 1 is 1.50 bits per heavy atom. The molecule has 2 rings (SSSR count). The van der Waals surface area contributed by atoms with Gasteiger partial charge in [-0.1, -0.05) is 47.8 Å². The van der Waals surface area contributed by atoms with E-state index in [1.807, 2.05) is 12.1 Å². The number of rotatable bonds is 2. The summed E-state index contributed by atoms with van der Waals surface area (Å²) in [6, 6.07) is 8.27. The number of halogens is 1. The van der Waals surface area contributed by atoms with Crippen molar-refractivity contribution in [2.45, 2.75) is 44.6 Å². The first-order chi connectivity index (χ1) is 7.57. The van der Waals surface area contributed by atoms with Crippen molar-refractivity contribution in [3.8, 4) is 0 Å². The van der Waals surface area contributed by atoms with Crippen LogP contribution >= 0.6 is 15.9 Å². The molecule has 2 unspecified atom stereocenters. The standard InChI is InChI=1S/C14H19BrO/c1-11-4-3-7-14(16,9-11)10-12-5-2-6-13(15)8-12/h2,5-6,8,11,16H,3-4,7,9-10H2,1H3. The first kappa shape index (κ1) is 12.1. The molecule has 1 N–H and O–H groups in total. The molecule has 0 spiro atoms. The lowest BCUT2D eigenvalue weighted by Gasteiger charge is -2.35. The smallest absolute Gasteiger partial charge is 0.0690 e. The lowest BCUT2D eigenvalue weighted by molar-refractivity contribution is -0.0123. The van der Waals surface area contributed by atoms with Crippen LogP contribution in [-0.4, -0.2) is 10.7 Å². The van der Waals surface area contributed by atoms with Gasteiger partial charge >= 0.3 is 0 Å². The molecule has 0 bridgehead atoms. The van der Waals surface area contributed by atoms with Crippen LogP contribution < -0.4 is 0 Å². The molecule has 1 fully saturated rings. The fourth-order valence-corrected chi connectivity index (χ4v) is 3.27. The number of hydrogen-bond donors (Lipinski definition) is 1. The molecule has 0 amide bonds. The van der Waals surface area contributed by atoms with Gasteiger partial charge in [0, 0.05) is 10.9 Å². The molecule has 0 saturated heterocycles. The molecule has 1 aromatic rings. The van der Waals surface area contributed by atoms with Crippen molar-refractivity contribution >= 4 is 15.9 Å². The zero-order valence-corrected chi connectivity index (χ0v) is 11.3. The molecule has 88 valence electrons. The van der Waals surface area contributed by atoms with Crippen LogP contribution in [0.4, 0.5) is 0 Å². The van der Waals surface area contributed by atoms with Crippen molar-refractivity contribution in [3.05, 3.63) is 34.3 Å². The van der Waals surface area contributed by atoms with Gasteiger partial charge in [-0.2, -0.15) is 0 Å². The van der Waals surface area contributed by atoms with Crippen molar-refractivity contribution in [1.29, 1.82) is 0 Å². The van der Waals surface area contributed by atoms with Gasteiger partial charge in [-0.25, -0.2) is 0 Å². The molecule has 16 heavy (non-hydrogen) atoms. The van der Waals surface area contributed by atoms with Crippen molar-refractivity contribution in [2.24, 2.45) is 5.92 Å². The normalized spacial score (nSPS) is 30.3. The summed E-state index contributed by atoms with van der Waals surface area (Å²) < 4.78 is 1.09. The highest BCUT2D eigenvalue weighted by Crippen LogP contribution is 2.34. The molecule has 2 atom stereocenters. The maximum Gasteiger partial charge on any atom is 0.0690 e. The average molecular weight is 283 g/mol. The van der Waals surface area contributed by atoms with Gasteiger partial charge in [0.1, 0.15) is 0 Å². The Kier molecular flexibility index (Phi) is 3.70. The van der Waals surface area contributed by atoms with Gasteiger partial charge in [0.25, 0.3) is 0 Å². The summed E-state index contributed by atoms with van der Waals surface area (Å²) in [5, 5.41) is 10.6. The quantitative estimate of drug-likeness (QED) is 0.871. The highest BCUT2D eigenvalue weighted by molar-refractivity contribution is 9.10. The molecular formula is C14H19BrO. The van der Waals surface area contributed by atoms with Gasteiger partial charge in [-0.15, -0.1) is 0 Å². The highest BCUT2D eigenvalue weighted by Gasteiger charge is 2.32. The Morgan fingerprint density at radius 2 is 2.31 bits per heavy atom. The topological polar surface area (TPSA) is 20.2 Å². The van der Waals surface area contributed by atoms with E-state index in [1.165, 1.54) is 12.0 Å². The predicted octanol–water partition coefficient (Wildman–Crippen LogP) is 3.93. The fraction of sp³-hybridized carbons (Fsp3) is 0.571. The summed E-state index contributed by atoms with van der Waals surface area (Å²) in [5.74, 6) is 0.658. The third-order valence-electron chi connectivity index (χ3n) is 3.49. The van der Waals surface area contributed by atoms with E-state index in [0.717, 1.165) is 30.2 Å². The monoisotopic (exact) mass is 282 g/mol. The van der Waals surface area contributed by atoms with Gasteiger partial charge in [0.05, 0.1) is 5.60 Å². The maximum absolute atomic E-state index is 10.6. The van der Waals surface area contributed by atoms with Gasteiger partial charge in [-0.05, 0) is 36.5 Å². The second-order valence-corrected chi connectivity index (χ2v) is 6.15. The van der Waals surface area contributed by atoms with Crippen LogP contribution in [0.3, 0.4) is 0 Å². The van der Waals surface area contributed by atoms with Gasteiger partial charge < -0.3 is 5.11 Å². The molecule has 0 aromatic heterocycles. The number of aliphatic hydroxyl groups is 1. The minimum absolute atomic E-state index is 0.474. The SMILES string of the molecule is CC1CCCC(O)(Cc2cccc(Br)c2)C1. The van der Waals surface area contributed by atoms with Gasteiger partial charge in [0.2, 0.25) is 0 Å². The molecule has 1 aliphatic carbocycles. The lowest BCUT2D eigenvalue weighted by Crippen LogP contribution is -2.36. The minimum atomic E-state index is -0.474. The Labute approximate surface area is 106 Å². The van der Waals surface area contributed by atoms with E-state index in [0.29, 0.717) is 5.92 Å². The van der Waals surface area contributed by atoms with E-state index in [9.17, 15) is 5.11 Å². The molecule has 1 aliphatic rings. The Hall–Kier alpha value is -0.340. The van der Waals surface area contributed by atoms with Crippen molar-refractivity contribution < 1.29 is 5.11 Å². The van der Waals surface area contributed by atoms with Crippen LogP contribution in [0.5, 0.6) is 0 Å². The summed E-state index contributed by atoms with van der Waals surface area (Å²) >= 11 is 3.47. The summed E-state index contributed by atoms with van der Waals surface area (Å²) in [5.41, 5.74) is 0.754. The van der Waals surface area contributed by atoms with Crippen LogP contribution in [0.25, 0.3) is 0 Å². The van der Waals surface area contributed by atoms with Gasteiger partial charge in [-0.3, -0.25) is 0 Å². The first-order valence-electron chi connectivity index (χ1n) is 6.04. The second kappa shape index (κ2) is 4.89. The van der Waals surface area contributed by atoms with Crippen molar-refractivity contribution in [2.75, 3.05) is 0 Å². The van der Waals surface area contributed by atoms with Crippen LogP contribution in [0.1, 0.15) is 38.2 Å². The molecule has 0 aliphatic heterocycles. The van der Waals surface area contributed by atoms with Crippen LogP contribution in [-0.2, 0) is 6.42 Å². The fourth-order valence-electron chi connectivity index (χ4n) is 2.82.